The summed E-state index contributed by atoms with van der Waals surface area (Å²) in [5.74, 6) is 0.188. The van der Waals surface area contributed by atoms with E-state index in [9.17, 15) is 4.79 Å². The molecule has 1 fully saturated rings. The van der Waals surface area contributed by atoms with Crippen molar-refractivity contribution < 1.29 is 9.21 Å². The van der Waals surface area contributed by atoms with Gasteiger partial charge < -0.3 is 14.6 Å². The number of rotatable bonds is 6. The molecule has 1 aliphatic rings. The molecule has 0 bridgehead atoms. The molecule has 0 spiro atoms. The Morgan fingerprint density at radius 1 is 1.04 bits per heavy atom. The van der Waals surface area contributed by atoms with Gasteiger partial charge in [-0.25, -0.2) is 0 Å². The Labute approximate surface area is 169 Å². The summed E-state index contributed by atoms with van der Waals surface area (Å²) in [4.78, 5) is 18.7. The highest BCUT2D eigenvalue weighted by Crippen LogP contribution is 2.30. The predicted octanol–water partition coefficient (Wildman–Crippen LogP) is 4.02. The van der Waals surface area contributed by atoms with Crippen molar-refractivity contribution in [2.45, 2.75) is 19.0 Å². The van der Waals surface area contributed by atoms with Crippen LogP contribution in [0.5, 0.6) is 0 Å². The molecule has 1 aromatic carbocycles. The third kappa shape index (κ3) is 4.13. The van der Waals surface area contributed by atoms with E-state index in [0.717, 1.165) is 26.2 Å². The quantitative estimate of drug-likeness (QED) is 0.685. The summed E-state index contributed by atoms with van der Waals surface area (Å²) in [7, 11) is 0. The van der Waals surface area contributed by atoms with E-state index in [1.54, 1.807) is 23.5 Å². The Balaban J connectivity index is 1.46. The van der Waals surface area contributed by atoms with Gasteiger partial charge in [-0.3, -0.25) is 9.69 Å². The van der Waals surface area contributed by atoms with Gasteiger partial charge in [0.05, 0.1) is 12.3 Å². The minimum Gasteiger partial charge on any atom is -0.459 e. The first-order chi connectivity index (χ1) is 13.7. The summed E-state index contributed by atoms with van der Waals surface area (Å²) in [6.45, 7) is 5.95. The molecule has 28 heavy (non-hydrogen) atoms. The van der Waals surface area contributed by atoms with Gasteiger partial charge in [0.1, 0.15) is 0 Å². The standard InChI is InChI=1S/C22H25N3O2S/c1-17(23-22(26)19-9-5-15-27-19)21(20-10-6-16-28-20)25-13-11-24(12-14-25)18-7-3-2-4-8-18/h2-10,15-17,21H,11-14H2,1H3,(H,23,26)/t17-,21+/m1/s1. The number of amides is 1. The first kappa shape index (κ1) is 18.8. The molecule has 4 rings (SSSR count). The van der Waals surface area contributed by atoms with Crippen LogP contribution in [0.25, 0.3) is 0 Å². The predicted molar refractivity (Wildman–Crippen MR) is 113 cm³/mol. The van der Waals surface area contributed by atoms with Crippen LogP contribution in [0.3, 0.4) is 0 Å². The summed E-state index contributed by atoms with van der Waals surface area (Å²) in [6.07, 6.45) is 1.53. The molecule has 5 nitrogen and oxygen atoms in total. The Hall–Kier alpha value is -2.57. The first-order valence-corrected chi connectivity index (χ1v) is 10.5. The molecule has 0 saturated carbocycles. The number of nitrogens with zero attached hydrogens (tertiary/aromatic N) is 2. The number of para-hydroxylation sites is 1. The number of anilines is 1. The second kappa shape index (κ2) is 8.63. The van der Waals surface area contributed by atoms with Crippen molar-refractivity contribution >= 4 is 22.9 Å². The molecule has 2 aromatic heterocycles. The van der Waals surface area contributed by atoms with Crippen molar-refractivity contribution in [1.29, 1.82) is 0 Å². The van der Waals surface area contributed by atoms with Crippen LogP contribution in [0.4, 0.5) is 5.69 Å². The van der Waals surface area contributed by atoms with E-state index in [4.69, 9.17) is 4.42 Å². The van der Waals surface area contributed by atoms with Gasteiger partial charge in [-0.1, -0.05) is 24.3 Å². The van der Waals surface area contributed by atoms with E-state index in [2.05, 4.69) is 69.9 Å². The number of nitrogens with one attached hydrogen (secondary N) is 1. The van der Waals surface area contributed by atoms with Crippen LogP contribution in [0.15, 0.2) is 70.7 Å². The van der Waals surface area contributed by atoms with Gasteiger partial charge in [0.2, 0.25) is 0 Å². The fourth-order valence-corrected chi connectivity index (χ4v) is 4.83. The highest BCUT2D eigenvalue weighted by Gasteiger charge is 2.31. The van der Waals surface area contributed by atoms with E-state index in [1.165, 1.54) is 16.8 Å². The highest BCUT2D eigenvalue weighted by molar-refractivity contribution is 7.10. The molecular weight excluding hydrogens is 370 g/mol. The smallest absolute Gasteiger partial charge is 0.287 e. The van der Waals surface area contributed by atoms with Crippen molar-refractivity contribution in [3.63, 3.8) is 0 Å². The van der Waals surface area contributed by atoms with Gasteiger partial charge in [0, 0.05) is 42.8 Å². The summed E-state index contributed by atoms with van der Waals surface area (Å²) in [5.41, 5.74) is 1.27. The molecule has 3 heterocycles. The fourth-order valence-electron chi connectivity index (χ4n) is 3.86. The molecule has 6 heteroatoms. The molecular formula is C22H25N3O2S. The zero-order valence-corrected chi connectivity index (χ0v) is 16.8. The maximum absolute atomic E-state index is 12.5. The molecule has 1 saturated heterocycles. The molecule has 1 amide bonds. The minimum atomic E-state index is -0.165. The summed E-state index contributed by atoms with van der Waals surface area (Å²) in [5, 5.41) is 5.23. The number of piperazine rings is 1. The van der Waals surface area contributed by atoms with E-state index < -0.39 is 0 Å². The Kier molecular flexibility index (Phi) is 5.78. The number of carbonyl (C=O) groups excluding carboxylic acids is 1. The van der Waals surface area contributed by atoms with Gasteiger partial charge in [-0.05, 0) is 42.6 Å². The summed E-state index contributed by atoms with van der Waals surface area (Å²) < 4.78 is 5.25. The van der Waals surface area contributed by atoms with Crippen LogP contribution in [0.2, 0.25) is 0 Å². The number of carbonyl (C=O) groups is 1. The third-order valence-corrected chi connectivity index (χ3v) is 6.18. The van der Waals surface area contributed by atoms with Gasteiger partial charge in [-0.2, -0.15) is 0 Å². The van der Waals surface area contributed by atoms with Gasteiger partial charge in [-0.15, -0.1) is 11.3 Å². The second-order valence-electron chi connectivity index (χ2n) is 7.06. The van der Waals surface area contributed by atoms with Crippen molar-refractivity contribution in [1.82, 2.24) is 10.2 Å². The van der Waals surface area contributed by atoms with E-state index in [-0.39, 0.29) is 18.0 Å². The topological polar surface area (TPSA) is 48.7 Å². The maximum atomic E-state index is 12.5. The lowest BCUT2D eigenvalue weighted by Gasteiger charge is -2.42. The van der Waals surface area contributed by atoms with Crippen molar-refractivity contribution in [3.05, 3.63) is 76.9 Å². The largest absolute Gasteiger partial charge is 0.459 e. The number of hydrogen-bond acceptors (Lipinski definition) is 5. The average Bonchev–Trinajstić information content (AvgIpc) is 3.44. The molecule has 0 radical (unpaired) electrons. The number of furan rings is 1. The average molecular weight is 396 g/mol. The SMILES string of the molecule is C[C@@H](NC(=O)c1ccco1)[C@@H](c1cccs1)N1CCN(c2ccccc2)CC1. The highest BCUT2D eigenvalue weighted by atomic mass is 32.1. The Morgan fingerprint density at radius 2 is 1.82 bits per heavy atom. The van der Waals surface area contributed by atoms with Crippen molar-refractivity contribution in [3.8, 4) is 0 Å². The van der Waals surface area contributed by atoms with E-state index in [0.29, 0.717) is 5.76 Å². The van der Waals surface area contributed by atoms with Crippen LogP contribution < -0.4 is 10.2 Å². The number of benzene rings is 1. The Bertz CT molecular complexity index is 857. The molecule has 146 valence electrons. The molecule has 0 unspecified atom stereocenters. The summed E-state index contributed by atoms with van der Waals surface area (Å²) >= 11 is 1.74. The lowest BCUT2D eigenvalue weighted by molar-refractivity contribution is 0.0863. The maximum Gasteiger partial charge on any atom is 0.287 e. The van der Waals surface area contributed by atoms with Gasteiger partial charge in [0.15, 0.2) is 5.76 Å². The second-order valence-corrected chi connectivity index (χ2v) is 8.04. The third-order valence-electron chi connectivity index (χ3n) is 5.24. The molecule has 3 aromatic rings. The fraction of sp³-hybridized carbons (Fsp3) is 0.318. The van der Waals surface area contributed by atoms with Crippen LogP contribution in [-0.4, -0.2) is 43.0 Å². The van der Waals surface area contributed by atoms with E-state index >= 15 is 0 Å². The number of thiophene rings is 1. The Morgan fingerprint density at radius 3 is 2.46 bits per heavy atom. The van der Waals surface area contributed by atoms with Crippen LogP contribution >= 0.6 is 11.3 Å². The molecule has 0 aliphatic carbocycles. The zero-order chi connectivity index (χ0) is 19.3. The zero-order valence-electron chi connectivity index (χ0n) is 16.0. The molecule has 2 atom stereocenters. The van der Waals surface area contributed by atoms with Gasteiger partial charge >= 0.3 is 0 Å². The first-order valence-electron chi connectivity index (χ1n) is 9.64. The molecule has 1 aliphatic heterocycles. The van der Waals surface area contributed by atoms with Crippen molar-refractivity contribution in [2.24, 2.45) is 0 Å². The van der Waals surface area contributed by atoms with Crippen LogP contribution in [0, 0.1) is 0 Å². The van der Waals surface area contributed by atoms with Crippen molar-refractivity contribution in [2.75, 3.05) is 31.1 Å². The van der Waals surface area contributed by atoms with Gasteiger partial charge in [0.25, 0.3) is 5.91 Å². The van der Waals surface area contributed by atoms with Crippen LogP contribution in [-0.2, 0) is 0 Å². The van der Waals surface area contributed by atoms with E-state index in [1.807, 2.05) is 0 Å². The monoisotopic (exact) mass is 395 g/mol. The minimum absolute atomic E-state index is 0.0282. The number of hydrogen-bond donors (Lipinski definition) is 1. The van der Waals surface area contributed by atoms with Crippen LogP contribution in [0.1, 0.15) is 28.4 Å². The normalized spacial score (nSPS) is 17.2. The molecule has 1 N–H and O–H groups in total. The lowest BCUT2D eigenvalue weighted by atomic mass is 10.0. The lowest BCUT2D eigenvalue weighted by Crippen LogP contribution is -2.52. The summed E-state index contributed by atoms with van der Waals surface area (Å²) in [6, 6.07) is 18.3.